The summed E-state index contributed by atoms with van der Waals surface area (Å²) in [7, 11) is 0. The minimum Gasteiger partial charge on any atom is -0.472 e. The van der Waals surface area contributed by atoms with Gasteiger partial charge in [0.1, 0.15) is 12.4 Å². The van der Waals surface area contributed by atoms with Crippen molar-refractivity contribution in [2.75, 3.05) is 0 Å². The number of benzene rings is 2. The van der Waals surface area contributed by atoms with E-state index in [1.54, 1.807) is 12.1 Å². The quantitative estimate of drug-likeness (QED) is 0.934. The number of hydrogen-bond donors (Lipinski definition) is 1. The number of hydrazone groups is 1. The van der Waals surface area contributed by atoms with Crippen molar-refractivity contribution < 1.29 is 14.3 Å². The highest BCUT2D eigenvalue weighted by molar-refractivity contribution is 6.07. The highest BCUT2D eigenvalue weighted by Crippen LogP contribution is 2.15. The Morgan fingerprint density at radius 1 is 1.00 bits per heavy atom. The van der Waals surface area contributed by atoms with Crippen LogP contribution in [-0.2, 0) is 16.1 Å². The van der Waals surface area contributed by atoms with Crippen molar-refractivity contribution in [3.8, 4) is 5.75 Å². The highest BCUT2D eigenvalue weighted by Gasteiger charge is 2.34. The van der Waals surface area contributed by atoms with Crippen molar-refractivity contribution in [2.24, 2.45) is 5.10 Å². The second-order valence-electron chi connectivity index (χ2n) is 4.51. The van der Waals surface area contributed by atoms with E-state index in [2.05, 4.69) is 10.5 Å². The first kappa shape index (κ1) is 13.2. The minimum absolute atomic E-state index is 0.243. The first-order valence-electron chi connectivity index (χ1n) is 6.59. The molecule has 2 aromatic rings. The molecule has 0 aliphatic carbocycles. The van der Waals surface area contributed by atoms with Gasteiger partial charge in [-0.1, -0.05) is 48.5 Å². The summed E-state index contributed by atoms with van der Waals surface area (Å²) in [6.07, 6.45) is -0.851. The van der Waals surface area contributed by atoms with Gasteiger partial charge in [-0.15, -0.1) is 5.10 Å². The Labute approximate surface area is 122 Å². The zero-order chi connectivity index (χ0) is 14.5. The van der Waals surface area contributed by atoms with Crippen LogP contribution in [0.15, 0.2) is 65.8 Å². The van der Waals surface area contributed by atoms with Crippen LogP contribution in [0.2, 0.25) is 0 Å². The standard InChI is InChI=1S/C16H14N2O3/c19-15-14(21-13-9-5-2-6-10-13)16(18-17-15)20-11-12-7-3-1-4-8-12/h1-10,14H,11H2,(H,17,19). The van der Waals surface area contributed by atoms with Gasteiger partial charge >= 0.3 is 0 Å². The zero-order valence-corrected chi connectivity index (χ0v) is 11.2. The molecule has 0 bridgehead atoms. The lowest BCUT2D eigenvalue weighted by Gasteiger charge is -2.14. The van der Waals surface area contributed by atoms with Gasteiger partial charge in [-0.2, -0.15) is 0 Å². The van der Waals surface area contributed by atoms with Crippen LogP contribution < -0.4 is 10.2 Å². The van der Waals surface area contributed by atoms with Crippen LogP contribution in [0.25, 0.3) is 0 Å². The second kappa shape index (κ2) is 6.09. The first-order valence-corrected chi connectivity index (χ1v) is 6.59. The molecule has 0 aromatic heterocycles. The van der Waals surface area contributed by atoms with E-state index in [0.717, 1.165) is 5.56 Å². The Morgan fingerprint density at radius 3 is 2.38 bits per heavy atom. The molecule has 3 rings (SSSR count). The molecule has 0 spiro atoms. The zero-order valence-electron chi connectivity index (χ0n) is 11.2. The molecular weight excluding hydrogens is 268 g/mol. The largest absolute Gasteiger partial charge is 0.472 e. The molecule has 0 fully saturated rings. The number of amides is 1. The van der Waals surface area contributed by atoms with E-state index < -0.39 is 6.10 Å². The summed E-state index contributed by atoms with van der Waals surface area (Å²) in [5.41, 5.74) is 3.37. The van der Waals surface area contributed by atoms with Gasteiger partial charge in [0, 0.05) is 0 Å². The fourth-order valence-corrected chi connectivity index (χ4v) is 1.92. The first-order chi connectivity index (χ1) is 10.3. The lowest BCUT2D eigenvalue weighted by molar-refractivity contribution is -0.124. The van der Waals surface area contributed by atoms with Crippen LogP contribution >= 0.6 is 0 Å². The van der Waals surface area contributed by atoms with Gasteiger partial charge in [-0.05, 0) is 17.7 Å². The number of rotatable bonds is 4. The van der Waals surface area contributed by atoms with Crippen LogP contribution in [0, 0.1) is 0 Å². The fourth-order valence-electron chi connectivity index (χ4n) is 1.92. The molecule has 1 atom stereocenters. The summed E-state index contributed by atoms with van der Waals surface area (Å²) < 4.78 is 11.2. The third-order valence-corrected chi connectivity index (χ3v) is 2.97. The van der Waals surface area contributed by atoms with Gasteiger partial charge in [0.2, 0.25) is 0 Å². The molecule has 1 heterocycles. The van der Waals surface area contributed by atoms with E-state index in [4.69, 9.17) is 9.47 Å². The molecule has 0 saturated carbocycles. The van der Waals surface area contributed by atoms with Crippen molar-refractivity contribution in [3.63, 3.8) is 0 Å². The maximum absolute atomic E-state index is 11.8. The van der Waals surface area contributed by atoms with E-state index in [0.29, 0.717) is 12.4 Å². The van der Waals surface area contributed by atoms with Gasteiger partial charge in [0.25, 0.3) is 17.9 Å². The maximum Gasteiger partial charge on any atom is 0.291 e. The molecule has 2 aromatic carbocycles. The molecule has 5 heteroatoms. The Bertz CT molecular complexity index is 641. The summed E-state index contributed by atoms with van der Waals surface area (Å²) in [6, 6.07) is 18.8. The number of carbonyl (C=O) groups is 1. The number of ether oxygens (including phenoxy) is 2. The van der Waals surface area contributed by atoms with Crippen molar-refractivity contribution in [2.45, 2.75) is 12.7 Å². The van der Waals surface area contributed by atoms with Crippen LogP contribution in [-0.4, -0.2) is 17.9 Å². The van der Waals surface area contributed by atoms with Crippen molar-refractivity contribution >= 4 is 11.8 Å². The molecule has 1 unspecified atom stereocenters. The minimum atomic E-state index is -0.851. The number of carbonyl (C=O) groups excluding carboxylic acids is 1. The number of hydrogen-bond acceptors (Lipinski definition) is 4. The lowest BCUT2D eigenvalue weighted by Crippen LogP contribution is -2.35. The van der Waals surface area contributed by atoms with Crippen LogP contribution in [0.3, 0.4) is 0 Å². The van der Waals surface area contributed by atoms with Gasteiger partial charge in [-0.25, -0.2) is 5.43 Å². The van der Waals surface area contributed by atoms with E-state index >= 15 is 0 Å². The topological polar surface area (TPSA) is 59.9 Å². The molecule has 1 amide bonds. The Kier molecular flexibility index (Phi) is 3.82. The summed E-state index contributed by atoms with van der Waals surface area (Å²) in [5, 5.41) is 3.88. The molecule has 0 radical (unpaired) electrons. The van der Waals surface area contributed by atoms with Crippen molar-refractivity contribution in [1.82, 2.24) is 5.43 Å². The molecule has 21 heavy (non-hydrogen) atoms. The lowest BCUT2D eigenvalue weighted by atomic mass is 10.2. The van der Waals surface area contributed by atoms with Crippen molar-refractivity contribution in [1.29, 1.82) is 0 Å². The number of para-hydroxylation sites is 1. The molecule has 106 valence electrons. The third-order valence-electron chi connectivity index (χ3n) is 2.97. The van der Waals surface area contributed by atoms with E-state index in [1.165, 1.54) is 0 Å². The van der Waals surface area contributed by atoms with E-state index in [9.17, 15) is 4.79 Å². The third kappa shape index (κ3) is 3.20. The number of nitrogens with one attached hydrogen (secondary N) is 1. The van der Waals surface area contributed by atoms with Crippen LogP contribution in [0.5, 0.6) is 5.75 Å². The average Bonchev–Trinajstić information content (AvgIpc) is 2.88. The SMILES string of the molecule is O=C1NN=C(OCc2ccccc2)C1Oc1ccccc1. The second-order valence-corrected chi connectivity index (χ2v) is 4.51. The summed E-state index contributed by atoms with van der Waals surface area (Å²) in [6.45, 7) is 0.337. The average molecular weight is 282 g/mol. The van der Waals surface area contributed by atoms with Crippen LogP contribution in [0.1, 0.15) is 5.56 Å². The monoisotopic (exact) mass is 282 g/mol. The molecular formula is C16H14N2O3. The Morgan fingerprint density at radius 2 is 1.67 bits per heavy atom. The van der Waals surface area contributed by atoms with Gasteiger partial charge in [0.05, 0.1) is 0 Å². The highest BCUT2D eigenvalue weighted by atomic mass is 16.5. The van der Waals surface area contributed by atoms with Crippen LogP contribution in [0.4, 0.5) is 0 Å². The molecule has 5 nitrogen and oxygen atoms in total. The summed E-state index contributed by atoms with van der Waals surface area (Å²) >= 11 is 0. The summed E-state index contributed by atoms with van der Waals surface area (Å²) in [4.78, 5) is 11.8. The predicted octanol–water partition coefficient (Wildman–Crippen LogP) is 2.09. The Balaban J connectivity index is 1.65. The van der Waals surface area contributed by atoms with Gasteiger partial charge in [-0.3, -0.25) is 4.79 Å². The van der Waals surface area contributed by atoms with Gasteiger partial charge < -0.3 is 9.47 Å². The fraction of sp³-hybridized carbons (Fsp3) is 0.125. The number of nitrogens with zero attached hydrogens (tertiary/aromatic N) is 1. The molecule has 1 N–H and O–H groups in total. The molecule has 1 aliphatic rings. The smallest absolute Gasteiger partial charge is 0.291 e. The predicted molar refractivity (Wildman–Crippen MR) is 77.7 cm³/mol. The molecule has 1 aliphatic heterocycles. The van der Waals surface area contributed by atoms with E-state index in [-0.39, 0.29) is 11.8 Å². The Hall–Kier alpha value is -2.82. The van der Waals surface area contributed by atoms with E-state index in [1.807, 2.05) is 48.5 Å². The molecule has 0 saturated heterocycles. The van der Waals surface area contributed by atoms with Crippen molar-refractivity contribution in [3.05, 3.63) is 66.2 Å². The normalized spacial score (nSPS) is 17.0. The summed E-state index contributed by atoms with van der Waals surface area (Å²) in [5.74, 6) is 0.505. The van der Waals surface area contributed by atoms with Gasteiger partial charge in [0.15, 0.2) is 0 Å². The maximum atomic E-state index is 11.8.